The van der Waals surface area contributed by atoms with Crippen molar-refractivity contribution in [3.8, 4) is 0 Å². The molecule has 32 heavy (non-hydrogen) atoms. The van der Waals surface area contributed by atoms with Crippen molar-refractivity contribution >= 4 is 40.2 Å². The molecule has 2 aromatic rings. The molecule has 0 atom stereocenters. The van der Waals surface area contributed by atoms with Crippen LogP contribution in [0.1, 0.15) is 57.5 Å². The molecule has 0 bridgehead atoms. The first-order valence-corrected chi connectivity index (χ1v) is 10.9. The van der Waals surface area contributed by atoms with Crippen LogP contribution in [-0.4, -0.2) is 36.3 Å². The SMILES string of the molecule is CCN(CC)c1ccc(N=C(C(=O)Nc2ccccc2C(C)=O)C(=O)C(C)(C)C)c(C)c1. The smallest absolute Gasteiger partial charge is 0.278 e. The second kappa shape index (κ2) is 10.4. The Hall–Kier alpha value is -3.28. The van der Waals surface area contributed by atoms with E-state index in [2.05, 4.69) is 29.1 Å². The average molecular weight is 436 g/mol. The highest BCUT2D eigenvalue weighted by molar-refractivity contribution is 6.68. The molecule has 0 unspecified atom stereocenters. The molecule has 0 aromatic heterocycles. The average Bonchev–Trinajstić information content (AvgIpc) is 2.73. The highest BCUT2D eigenvalue weighted by Crippen LogP contribution is 2.27. The van der Waals surface area contributed by atoms with Crippen LogP contribution in [0.2, 0.25) is 0 Å². The lowest BCUT2D eigenvalue weighted by Gasteiger charge is -2.22. The molecule has 0 saturated heterocycles. The van der Waals surface area contributed by atoms with Crippen molar-refractivity contribution in [1.29, 1.82) is 0 Å². The van der Waals surface area contributed by atoms with Crippen molar-refractivity contribution in [3.05, 3.63) is 53.6 Å². The van der Waals surface area contributed by atoms with Gasteiger partial charge in [-0.2, -0.15) is 0 Å². The fraction of sp³-hybridized carbons (Fsp3) is 0.385. The number of aryl methyl sites for hydroxylation is 1. The zero-order chi connectivity index (χ0) is 24.1. The predicted octanol–water partition coefficient (Wildman–Crippen LogP) is 5.37. The number of hydrogen-bond acceptors (Lipinski definition) is 5. The zero-order valence-electron chi connectivity index (χ0n) is 20.1. The maximum Gasteiger partial charge on any atom is 0.278 e. The van der Waals surface area contributed by atoms with Gasteiger partial charge in [0.1, 0.15) is 0 Å². The van der Waals surface area contributed by atoms with Gasteiger partial charge in [0.15, 0.2) is 17.3 Å². The summed E-state index contributed by atoms with van der Waals surface area (Å²) in [5.74, 6) is -1.18. The maximum atomic E-state index is 13.2. The molecule has 6 heteroatoms. The standard InChI is InChI=1S/C26H33N3O3/c1-8-29(9-2)19-14-15-21(17(3)16-19)27-23(24(31)26(5,6)7)25(32)28-22-13-11-10-12-20(22)18(4)30/h10-16H,8-9H2,1-7H3,(H,28,32). The first kappa shape index (κ1) is 25.0. The largest absolute Gasteiger partial charge is 0.372 e. The van der Waals surface area contributed by atoms with E-state index in [-0.39, 0.29) is 17.3 Å². The van der Waals surface area contributed by atoms with Gasteiger partial charge in [0.25, 0.3) is 5.91 Å². The van der Waals surface area contributed by atoms with E-state index in [1.165, 1.54) is 6.92 Å². The Morgan fingerprint density at radius 3 is 2.16 bits per heavy atom. The van der Waals surface area contributed by atoms with Crippen molar-refractivity contribution in [2.75, 3.05) is 23.3 Å². The number of carbonyl (C=O) groups excluding carboxylic acids is 3. The molecule has 0 radical (unpaired) electrons. The van der Waals surface area contributed by atoms with Gasteiger partial charge in [0.05, 0.1) is 11.4 Å². The molecule has 1 amide bonds. The van der Waals surface area contributed by atoms with Crippen molar-refractivity contribution in [3.63, 3.8) is 0 Å². The number of carbonyl (C=O) groups is 3. The van der Waals surface area contributed by atoms with Crippen LogP contribution >= 0.6 is 0 Å². The summed E-state index contributed by atoms with van der Waals surface area (Å²) >= 11 is 0. The summed E-state index contributed by atoms with van der Waals surface area (Å²) in [6.45, 7) is 14.5. The molecule has 0 fully saturated rings. The van der Waals surface area contributed by atoms with Gasteiger partial charge in [-0.1, -0.05) is 32.9 Å². The molecular weight excluding hydrogens is 402 g/mol. The second-order valence-corrected chi connectivity index (χ2v) is 8.74. The van der Waals surface area contributed by atoms with E-state index in [4.69, 9.17) is 0 Å². The lowest BCUT2D eigenvalue weighted by atomic mass is 9.87. The quantitative estimate of drug-likeness (QED) is 0.343. The Morgan fingerprint density at radius 2 is 1.62 bits per heavy atom. The van der Waals surface area contributed by atoms with Gasteiger partial charge in [-0.15, -0.1) is 0 Å². The summed E-state index contributed by atoms with van der Waals surface area (Å²) in [7, 11) is 0. The number of para-hydroxylation sites is 1. The summed E-state index contributed by atoms with van der Waals surface area (Å²) in [6, 6.07) is 12.5. The maximum absolute atomic E-state index is 13.2. The van der Waals surface area contributed by atoms with Crippen molar-refractivity contribution in [1.82, 2.24) is 0 Å². The van der Waals surface area contributed by atoms with E-state index < -0.39 is 11.3 Å². The minimum atomic E-state index is -0.800. The van der Waals surface area contributed by atoms with Gasteiger partial charge in [-0.25, -0.2) is 4.99 Å². The normalized spacial score (nSPS) is 11.8. The zero-order valence-corrected chi connectivity index (χ0v) is 20.1. The second-order valence-electron chi connectivity index (χ2n) is 8.74. The van der Waals surface area contributed by atoms with Gasteiger partial charge in [0.2, 0.25) is 0 Å². The van der Waals surface area contributed by atoms with E-state index >= 15 is 0 Å². The molecule has 2 aromatic carbocycles. The highest BCUT2D eigenvalue weighted by Gasteiger charge is 2.31. The number of hydrogen-bond donors (Lipinski definition) is 1. The Labute approximate surface area is 190 Å². The number of rotatable bonds is 8. The predicted molar refractivity (Wildman–Crippen MR) is 131 cm³/mol. The number of amides is 1. The van der Waals surface area contributed by atoms with E-state index in [0.29, 0.717) is 16.9 Å². The molecule has 0 aliphatic carbocycles. The molecule has 0 heterocycles. The first-order valence-electron chi connectivity index (χ1n) is 10.9. The van der Waals surface area contributed by atoms with Crippen LogP contribution in [-0.2, 0) is 9.59 Å². The van der Waals surface area contributed by atoms with E-state index in [1.807, 2.05) is 25.1 Å². The minimum absolute atomic E-state index is 0.177. The van der Waals surface area contributed by atoms with Crippen molar-refractivity contribution in [2.45, 2.75) is 48.5 Å². The summed E-state index contributed by atoms with van der Waals surface area (Å²) in [4.78, 5) is 45.0. The molecule has 0 saturated carbocycles. The summed E-state index contributed by atoms with van der Waals surface area (Å²) in [5, 5.41) is 2.71. The molecule has 0 aliphatic heterocycles. The van der Waals surface area contributed by atoms with Gasteiger partial charge in [-0.3, -0.25) is 14.4 Å². The summed E-state index contributed by atoms with van der Waals surface area (Å²) in [6.07, 6.45) is 0. The number of benzene rings is 2. The lowest BCUT2D eigenvalue weighted by molar-refractivity contribution is -0.121. The number of ketones is 2. The number of aliphatic imine (C=N–C) groups is 1. The fourth-order valence-corrected chi connectivity index (χ4v) is 3.31. The molecule has 170 valence electrons. The molecule has 6 nitrogen and oxygen atoms in total. The van der Waals surface area contributed by atoms with Gasteiger partial charge in [0, 0.05) is 29.8 Å². The number of nitrogens with zero attached hydrogens (tertiary/aromatic N) is 2. The van der Waals surface area contributed by atoms with E-state index in [1.54, 1.807) is 45.0 Å². The molecule has 0 spiro atoms. The third-order valence-corrected chi connectivity index (χ3v) is 5.21. The van der Waals surface area contributed by atoms with E-state index in [0.717, 1.165) is 24.3 Å². The first-order chi connectivity index (χ1) is 15.0. The highest BCUT2D eigenvalue weighted by atomic mass is 16.2. The van der Waals surface area contributed by atoms with Crippen LogP contribution in [0.5, 0.6) is 0 Å². The summed E-state index contributed by atoms with van der Waals surface area (Å²) < 4.78 is 0. The molecular formula is C26H33N3O3. The van der Waals surface area contributed by atoms with E-state index in [9.17, 15) is 14.4 Å². The van der Waals surface area contributed by atoms with Crippen molar-refractivity contribution in [2.24, 2.45) is 10.4 Å². The number of nitrogens with one attached hydrogen (secondary N) is 1. The Balaban J connectivity index is 2.51. The summed E-state index contributed by atoms with van der Waals surface area (Å²) in [5.41, 5.74) is 2.24. The van der Waals surface area contributed by atoms with Crippen LogP contribution in [0.25, 0.3) is 0 Å². The number of anilines is 2. The van der Waals surface area contributed by atoms with Crippen LogP contribution in [0, 0.1) is 12.3 Å². The topological polar surface area (TPSA) is 78.8 Å². The van der Waals surface area contributed by atoms with Crippen LogP contribution in [0.3, 0.4) is 0 Å². The van der Waals surface area contributed by atoms with Gasteiger partial charge < -0.3 is 10.2 Å². The third kappa shape index (κ3) is 5.90. The van der Waals surface area contributed by atoms with Crippen LogP contribution in [0.15, 0.2) is 47.5 Å². The molecule has 0 aliphatic rings. The van der Waals surface area contributed by atoms with Gasteiger partial charge >= 0.3 is 0 Å². The third-order valence-electron chi connectivity index (χ3n) is 5.21. The van der Waals surface area contributed by atoms with Gasteiger partial charge in [-0.05, 0) is 63.6 Å². The molecule has 1 N–H and O–H groups in total. The minimum Gasteiger partial charge on any atom is -0.372 e. The monoisotopic (exact) mass is 435 g/mol. The lowest BCUT2D eigenvalue weighted by Crippen LogP contribution is -2.37. The van der Waals surface area contributed by atoms with Crippen LogP contribution < -0.4 is 10.2 Å². The Bertz CT molecular complexity index is 1040. The van der Waals surface area contributed by atoms with Crippen molar-refractivity contribution < 1.29 is 14.4 Å². The van der Waals surface area contributed by atoms with Crippen LogP contribution in [0.4, 0.5) is 17.1 Å². The Kier molecular flexibility index (Phi) is 8.08. The fourth-order valence-electron chi connectivity index (χ4n) is 3.31. The molecule has 2 rings (SSSR count). The Morgan fingerprint density at radius 1 is 1.00 bits per heavy atom. The number of Topliss-reactive ketones (excluding diaryl/α,β-unsaturated/α-hetero) is 2.